The minimum Gasteiger partial charge on any atom is -0.508 e. The third kappa shape index (κ3) is 2.74. The Morgan fingerprint density at radius 2 is 1.82 bits per heavy atom. The van der Waals surface area contributed by atoms with Crippen LogP contribution in [0.4, 0.5) is 0 Å². The molecular formula is C17H16N2O3. The number of H-pyrrole nitrogens is 1. The van der Waals surface area contributed by atoms with Crippen LogP contribution in [0.3, 0.4) is 0 Å². The number of aliphatic imine (C=N–C) groups is 1. The second kappa shape index (κ2) is 5.81. The van der Waals surface area contributed by atoms with Crippen molar-refractivity contribution >= 4 is 17.1 Å². The number of phenolic OH excluding ortho intramolecular Hbond substituents is 3. The third-order valence-electron chi connectivity index (χ3n) is 3.54. The van der Waals surface area contributed by atoms with Crippen LogP contribution in [0.2, 0.25) is 0 Å². The molecule has 0 aliphatic rings. The average molecular weight is 296 g/mol. The minimum atomic E-state index is 0.000710. The summed E-state index contributed by atoms with van der Waals surface area (Å²) in [5.41, 5.74) is 2.35. The van der Waals surface area contributed by atoms with Crippen molar-refractivity contribution in [1.29, 1.82) is 0 Å². The Balaban J connectivity index is 1.72. The van der Waals surface area contributed by atoms with E-state index in [0.717, 1.165) is 16.5 Å². The molecule has 4 N–H and O–H groups in total. The zero-order valence-electron chi connectivity index (χ0n) is 11.8. The molecule has 0 radical (unpaired) electrons. The molecule has 5 heteroatoms. The molecular weight excluding hydrogens is 280 g/mol. The van der Waals surface area contributed by atoms with Crippen molar-refractivity contribution < 1.29 is 15.3 Å². The van der Waals surface area contributed by atoms with Gasteiger partial charge in [0.25, 0.3) is 0 Å². The largest absolute Gasteiger partial charge is 0.508 e. The molecule has 0 unspecified atom stereocenters. The second-order valence-electron chi connectivity index (χ2n) is 5.04. The highest BCUT2D eigenvalue weighted by atomic mass is 16.3. The SMILES string of the molecule is Oc1ccc2[nH]cc(CCN=Cc3c(O)cccc3O)c2c1. The summed E-state index contributed by atoms with van der Waals surface area (Å²) in [6, 6.07) is 9.77. The number of aromatic hydroxyl groups is 3. The molecule has 0 saturated carbocycles. The van der Waals surface area contributed by atoms with Gasteiger partial charge in [-0.05, 0) is 42.3 Å². The van der Waals surface area contributed by atoms with Crippen LogP contribution in [-0.4, -0.2) is 33.1 Å². The van der Waals surface area contributed by atoms with E-state index < -0.39 is 0 Å². The first-order valence-electron chi connectivity index (χ1n) is 6.95. The Bertz CT molecular complexity index is 817. The molecule has 5 nitrogen and oxygen atoms in total. The lowest BCUT2D eigenvalue weighted by Crippen LogP contribution is -1.90. The Morgan fingerprint density at radius 3 is 2.59 bits per heavy atom. The van der Waals surface area contributed by atoms with Gasteiger partial charge in [0.15, 0.2) is 0 Å². The molecule has 112 valence electrons. The summed E-state index contributed by atoms with van der Waals surface area (Å²) >= 11 is 0. The normalized spacial score (nSPS) is 11.5. The predicted molar refractivity (Wildman–Crippen MR) is 85.9 cm³/mol. The van der Waals surface area contributed by atoms with Gasteiger partial charge in [-0.1, -0.05) is 6.07 Å². The molecule has 0 saturated heterocycles. The number of rotatable bonds is 4. The first-order valence-corrected chi connectivity index (χ1v) is 6.95. The van der Waals surface area contributed by atoms with Crippen molar-refractivity contribution in [3.8, 4) is 17.2 Å². The van der Waals surface area contributed by atoms with Crippen molar-refractivity contribution in [2.75, 3.05) is 6.54 Å². The van der Waals surface area contributed by atoms with Gasteiger partial charge in [-0.25, -0.2) is 0 Å². The molecule has 2 aromatic carbocycles. The molecule has 1 heterocycles. The topological polar surface area (TPSA) is 88.8 Å². The maximum absolute atomic E-state index is 9.66. The van der Waals surface area contributed by atoms with E-state index in [9.17, 15) is 15.3 Å². The highest BCUT2D eigenvalue weighted by Crippen LogP contribution is 2.25. The monoisotopic (exact) mass is 296 g/mol. The molecule has 0 atom stereocenters. The van der Waals surface area contributed by atoms with Crippen LogP contribution in [0.15, 0.2) is 47.6 Å². The third-order valence-corrected chi connectivity index (χ3v) is 3.54. The van der Waals surface area contributed by atoms with Gasteiger partial charge in [0.05, 0.1) is 5.56 Å². The van der Waals surface area contributed by atoms with E-state index in [4.69, 9.17) is 0 Å². The molecule has 0 aliphatic carbocycles. The molecule has 0 aliphatic heterocycles. The van der Waals surface area contributed by atoms with Crippen LogP contribution in [-0.2, 0) is 6.42 Å². The highest BCUT2D eigenvalue weighted by molar-refractivity contribution is 5.87. The number of hydrogen-bond acceptors (Lipinski definition) is 4. The fourth-order valence-electron chi connectivity index (χ4n) is 2.39. The van der Waals surface area contributed by atoms with Gasteiger partial charge in [0.2, 0.25) is 0 Å². The van der Waals surface area contributed by atoms with E-state index in [-0.39, 0.29) is 17.2 Å². The summed E-state index contributed by atoms with van der Waals surface area (Å²) in [6.07, 6.45) is 4.06. The van der Waals surface area contributed by atoms with Crippen LogP contribution < -0.4 is 0 Å². The maximum Gasteiger partial charge on any atom is 0.128 e. The lowest BCUT2D eigenvalue weighted by Gasteiger charge is -2.01. The van der Waals surface area contributed by atoms with Crippen molar-refractivity contribution in [1.82, 2.24) is 4.98 Å². The van der Waals surface area contributed by atoms with Crippen LogP contribution in [0.1, 0.15) is 11.1 Å². The number of hydrogen-bond donors (Lipinski definition) is 4. The van der Waals surface area contributed by atoms with Crippen molar-refractivity contribution in [2.45, 2.75) is 6.42 Å². The summed E-state index contributed by atoms with van der Waals surface area (Å²) in [5.74, 6) is 0.234. The summed E-state index contributed by atoms with van der Waals surface area (Å²) in [5, 5.41) is 29.9. The van der Waals surface area contributed by atoms with E-state index in [1.54, 1.807) is 18.2 Å². The van der Waals surface area contributed by atoms with E-state index in [0.29, 0.717) is 18.5 Å². The number of aromatic amines is 1. The Kier molecular flexibility index (Phi) is 3.70. The first kappa shape index (κ1) is 14.0. The quantitative estimate of drug-likeness (QED) is 0.558. The number of aromatic nitrogens is 1. The van der Waals surface area contributed by atoms with E-state index in [1.807, 2.05) is 12.3 Å². The van der Waals surface area contributed by atoms with Crippen LogP contribution in [0, 0.1) is 0 Å². The number of nitrogens with one attached hydrogen (secondary N) is 1. The fraction of sp³-hybridized carbons (Fsp3) is 0.118. The number of benzene rings is 2. The maximum atomic E-state index is 9.66. The molecule has 0 bridgehead atoms. The van der Waals surface area contributed by atoms with Gasteiger partial charge in [-0.15, -0.1) is 0 Å². The van der Waals surface area contributed by atoms with E-state index in [1.165, 1.54) is 18.3 Å². The summed E-state index contributed by atoms with van der Waals surface area (Å²) in [6.45, 7) is 0.510. The molecule has 22 heavy (non-hydrogen) atoms. The Morgan fingerprint density at radius 1 is 1.05 bits per heavy atom. The summed E-state index contributed by atoms with van der Waals surface area (Å²) < 4.78 is 0. The van der Waals surface area contributed by atoms with Gasteiger partial charge >= 0.3 is 0 Å². The molecule has 0 fully saturated rings. The minimum absolute atomic E-state index is 0.000710. The van der Waals surface area contributed by atoms with E-state index >= 15 is 0 Å². The highest BCUT2D eigenvalue weighted by Gasteiger charge is 2.05. The molecule has 3 aromatic rings. The average Bonchev–Trinajstić information content (AvgIpc) is 2.88. The zero-order chi connectivity index (χ0) is 15.5. The Labute approximate surface area is 127 Å². The lowest BCUT2D eigenvalue weighted by molar-refractivity contribution is 0.449. The number of nitrogens with zero attached hydrogens (tertiary/aromatic N) is 1. The van der Waals surface area contributed by atoms with Gasteiger partial charge in [0.1, 0.15) is 17.2 Å². The molecule has 1 aromatic heterocycles. The Hall–Kier alpha value is -2.95. The van der Waals surface area contributed by atoms with E-state index in [2.05, 4.69) is 9.98 Å². The lowest BCUT2D eigenvalue weighted by atomic mass is 10.1. The zero-order valence-corrected chi connectivity index (χ0v) is 11.8. The van der Waals surface area contributed by atoms with Crippen molar-refractivity contribution in [2.24, 2.45) is 4.99 Å². The smallest absolute Gasteiger partial charge is 0.128 e. The van der Waals surface area contributed by atoms with Crippen LogP contribution in [0.25, 0.3) is 10.9 Å². The predicted octanol–water partition coefficient (Wildman–Crippen LogP) is 2.95. The first-order chi connectivity index (χ1) is 10.6. The van der Waals surface area contributed by atoms with Crippen molar-refractivity contribution in [3.05, 3.63) is 53.7 Å². The fourth-order valence-corrected chi connectivity index (χ4v) is 2.39. The summed E-state index contributed by atoms with van der Waals surface area (Å²) in [7, 11) is 0. The van der Waals surface area contributed by atoms with Gasteiger partial charge in [0, 0.05) is 29.9 Å². The number of phenols is 3. The number of fused-ring (bicyclic) bond motifs is 1. The second-order valence-corrected chi connectivity index (χ2v) is 5.04. The summed E-state index contributed by atoms with van der Waals surface area (Å²) in [4.78, 5) is 7.40. The van der Waals surface area contributed by atoms with Gasteiger partial charge < -0.3 is 20.3 Å². The van der Waals surface area contributed by atoms with Gasteiger partial charge in [-0.2, -0.15) is 0 Å². The molecule has 0 spiro atoms. The molecule has 0 amide bonds. The van der Waals surface area contributed by atoms with Gasteiger partial charge in [-0.3, -0.25) is 4.99 Å². The van der Waals surface area contributed by atoms with Crippen LogP contribution in [0.5, 0.6) is 17.2 Å². The van der Waals surface area contributed by atoms with Crippen LogP contribution >= 0.6 is 0 Å². The van der Waals surface area contributed by atoms with Crippen molar-refractivity contribution in [3.63, 3.8) is 0 Å². The standard InChI is InChI=1S/C17H16N2O3/c20-12-4-5-15-13(8-12)11(9-19-15)6-7-18-10-14-16(21)2-1-3-17(14)22/h1-5,8-10,19-22H,6-7H2. The molecule has 3 rings (SSSR count).